The third-order valence-corrected chi connectivity index (χ3v) is 23.9. The van der Waals surface area contributed by atoms with Gasteiger partial charge in [0, 0.05) is 0 Å². The second kappa shape index (κ2) is 11.0. The Morgan fingerprint density at radius 2 is 0.829 bits per heavy atom. The summed E-state index contributed by atoms with van der Waals surface area (Å²) in [4.78, 5) is 0.832. The van der Waals surface area contributed by atoms with Crippen molar-refractivity contribution in [1.82, 2.24) is 0 Å². The Morgan fingerprint density at radius 1 is 0.486 bits per heavy atom. The first-order chi connectivity index (χ1) is 17.3. The van der Waals surface area contributed by atoms with E-state index in [2.05, 4.69) is 109 Å². The van der Waals surface area contributed by atoms with Gasteiger partial charge in [0.25, 0.3) is 0 Å². The molecule has 0 saturated carbocycles. The fourth-order valence-electron chi connectivity index (χ4n) is 4.66. The van der Waals surface area contributed by atoms with E-state index in [4.69, 9.17) is 0 Å². The van der Waals surface area contributed by atoms with Gasteiger partial charge in [-0.05, 0) is 0 Å². The zero-order valence-corrected chi connectivity index (χ0v) is 23.0. The Kier molecular flexibility index (Phi) is 7.41. The van der Waals surface area contributed by atoms with E-state index in [1.165, 1.54) is 10.7 Å². The van der Waals surface area contributed by atoms with Crippen LogP contribution in [0.5, 0.6) is 0 Å². The van der Waals surface area contributed by atoms with Crippen molar-refractivity contribution in [3.05, 3.63) is 160 Å². The molecule has 1 unspecified atom stereocenters. The van der Waals surface area contributed by atoms with E-state index in [-0.39, 0.29) is 0 Å². The van der Waals surface area contributed by atoms with Crippen molar-refractivity contribution in [2.45, 2.75) is 4.90 Å². The summed E-state index contributed by atoms with van der Waals surface area (Å²) in [5.74, 6) is 0. The van der Waals surface area contributed by atoms with Crippen LogP contribution in [0.3, 0.4) is 0 Å². The molecule has 35 heavy (non-hydrogen) atoms. The van der Waals surface area contributed by atoms with E-state index in [9.17, 15) is 4.21 Å². The summed E-state index contributed by atoms with van der Waals surface area (Å²) in [6.45, 7) is 0. The molecule has 0 bridgehead atoms. The molecule has 5 aromatic carbocycles. The minimum absolute atomic E-state index is 0.832. The molecule has 0 saturated heterocycles. The molecule has 1 atom stereocenters. The van der Waals surface area contributed by atoms with Crippen molar-refractivity contribution in [3.8, 4) is 0 Å². The van der Waals surface area contributed by atoms with E-state index in [0.29, 0.717) is 0 Å². The average Bonchev–Trinajstić information content (AvgIpc) is 2.95. The molecule has 0 N–H and O–H groups in total. The van der Waals surface area contributed by atoms with Crippen molar-refractivity contribution in [1.29, 1.82) is 0 Å². The van der Waals surface area contributed by atoms with Gasteiger partial charge in [0.2, 0.25) is 0 Å². The number of hydrogen-bond donors (Lipinski definition) is 0. The normalized spacial score (nSPS) is 12.7. The first kappa shape index (κ1) is 23.5. The molecule has 0 heterocycles. The van der Waals surface area contributed by atoms with E-state index in [1.54, 1.807) is 0 Å². The van der Waals surface area contributed by atoms with Crippen LogP contribution >= 0.6 is 0 Å². The summed E-state index contributed by atoms with van der Waals surface area (Å²) in [7, 11) is -1.34. The summed E-state index contributed by atoms with van der Waals surface area (Å²) in [5, 5.41) is 0. The first-order valence-corrected chi connectivity index (χ1v) is 18.6. The van der Waals surface area contributed by atoms with Crippen molar-refractivity contribution in [3.63, 3.8) is 0 Å². The van der Waals surface area contributed by atoms with Crippen molar-refractivity contribution in [2.75, 3.05) is 0 Å². The molecule has 0 aliphatic rings. The van der Waals surface area contributed by atoms with Gasteiger partial charge in [-0.2, -0.15) is 0 Å². The van der Waals surface area contributed by atoms with Gasteiger partial charge in [0.15, 0.2) is 0 Å². The fraction of sp³-hybridized carbons (Fsp3) is 0. The van der Waals surface area contributed by atoms with Gasteiger partial charge in [-0.3, -0.25) is 0 Å². The first-order valence-electron chi connectivity index (χ1n) is 11.7. The fourth-order valence-corrected chi connectivity index (χ4v) is 23.9. The van der Waals surface area contributed by atoms with Gasteiger partial charge in [0.1, 0.15) is 0 Å². The molecule has 0 amide bonds. The van der Waals surface area contributed by atoms with Crippen LogP contribution in [0.25, 0.3) is 6.08 Å². The van der Waals surface area contributed by atoms with Gasteiger partial charge in [-0.25, -0.2) is 0 Å². The van der Waals surface area contributed by atoms with Gasteiger partial charge in [-0.1, -0.05) is 0 Å². The van der Waals surface area contributed by atoms with E-state index < -0.39 is 29.2 Å². The third kappa shape index (κ3) is 4.82. The van der Waals surface area contributed by atoms with Crippen LogP contribution in [0.15, 0.2) is 159 Å². The Morgan fingerprint density at radius 3 is 1.23 bits per heavy atom. The molecule has 1 nitrogen and oxygen atoms in total. The molecule has 3 heteroatoms. The molecule has 0 radical (unpaired) electrons. The molecular weight excluding hydrogens is 551 g/mol. The number of benzene rings is 5. The summed E-state index contributed by atoms with van der Waals surface area (Å²) >= 11 is -4.03. The van der Waals surface area contributed by atoms with E-state index in [0.717, 1.165) is 13.4 Å². The monoisotopic (exact) mass is 578 g/mol. The van der Waals surface area contributed by atoms with Crippen LogP contribution in [0.4, 0.5) is 0 Å². The predicted octanol–water partition coefficient (Wildman–Crippen LogP) is 5.54. The Balaban J connectivity index is 1.92. The zero-order chi connectivity index (χ0) is 23.9. The van der Waals surface area contributed by atoms with E-state index >= 15 is 0 Å². The standard InChI is InChI=1S/C14H11OS.3C6H5.Sn/c15-16(14-9-5-2-6-10-14)12-11-13-7-3-1-4-8-13;3*1-2-4-6-5-3-1;/h1-11H;3*1-5H;. The van der Waals surface area contributed by atoms with Crippen LogP contribution in [0.2, 0.25) is 0 Å². The summed E-state index contributed by atoms with van der Waals surface area (Å²) < 4.78 is 19.5. The molecule has 0 aliphatic carbocycles. The zero-order valence-electron chi connectivity index (χ0n) is 19.3. The van der Waals surface area contributed by atoms with Crippen LogP contribution < -0.4 is 10.7 Å². The summed E-state index contributed by atoms with van der Waals surface area (Å²) in [6.07, 6.45) is 2.20. The van der Waals surface area contributed by atoms with Gasteiger partial charge >= 0.3 is 215 Å². The number of rotatable bonds is 7. The molecule has 0 aliphatic heterocycles. The number of hydrogen-bond acceptors (Lipinski definition) is 1. The predicted molar refractivity (Wildman–Crippen MR) is 151 cm³/mol. The molecule has 5 rings (SSSR count). The Labute approximate surface area is 214 Å². The van der Waals surface area contributed by atoms with Crippen molar-refractivity contribution in [2.24, 2.45) is 0 Å². The second-order valence-electron chi connectivity index (χ2n) is 8.35. The maximum absolute atomic E-state index is 14.6. The minimum atomic E-state index is -4.03. The third-order valence-electron chi connectivity index (χ3n) is 6.24. The maximum atomic E-state index is 14.6. The van der Waals surface area contributed by atoms with Crippen LogP contribution in [-0.4, -0.2) is 22.6 Å². The SMILES string of the molecule is O=S(/[C](=C/c1ccccc1)[Sn]([c]1ccccc1)([c]1ccccc1)[c]1ccccc1)c1ccccc1. The second-order valence-corrected chi connectivity index (χ2v) is 21.6. The Hall–Kier alpha value is -3.21. The van der Waals surface area contributed by atoms with Crippen molar-refractivity contribution < 1.29 is 4.21 Å². The topological polar surface area (TPSA) is 17.1 Å². The summed E-state index contributed by atoms with van der Waals surface area (Å²) in [6, 6.07) is 52.4. The van der Waals surface area contributed by atoms with Gasteiger partial charge in [0.05, 0.1) is 0 Å². The molecule has 170 valence electrons. The van der Waals surface area contributed by atoms with Gasteiger partial charge < -0.3 is 0 Å². The molecule has 0 aromatic heterocycles. The quantitative estimate of drug-likeness (QED) is 0.232. The molecular formula is C32H26OSSn. The average molecular weight is 577 g/mol. The molecule has 5 aromatic rings. The van der Waals surface area contributed by atoms with Crippen LogP contribution in [0.1, 0.15) is 5.56 Å². The molecule has 0 fully saturated rings. The Bertz CT molecular complexity index is 1320. The van der Waals surface area contributed by atoms with Gasteiger partial charge in [-0.15, -0.1) is 0 Å². The van der Waals surface area contributed by atoms with Crippen molar-refractivity contribution >= 4 is 46.0 Å². The van der Waals surface area contributed by atoms with E-state index in [1.807, 2.05) is 48.5 Å². The summed E-state index contributed by atoms with van der Waals surface area (Å²) in [5.41, 5.74) is 1.07. The van der Waals surface area contributed by atoms with Crippen LogP contribution in [0, 0.1) is 0 Å². The van der Waals surface area contributed by atoms with Crippen LogP contribution in [-0.2, 0) is 10.8 Å². The molecule has 0 spiro atoms.